The summed E-state index contributed by atoms with van der Waals surface area (Å²) in [6, 6.07) is 24.8. The highest BCUT2D eigenvalue weighted by Gasteiger charge is 2.23. The molecular formula is C28H34N4O. The molecule has 5 nitrogen and oxygen atoms in total. The van der Waals surface area contributed by atoms with Gasteiger partial charge < -0.3 is 5.32 Å². The third-order valence-electron chi connectivity index (χ3n) is 6.37. The van der Waals surface area contributed by atoms with Gasteiger partial charge in [0.15, 0.2) is 5.82 Å². The SMILES string of the molecule is CCN(c1ncccc1C(=O)NCCC(c1ccccc1)c1ccccc1)N1CCCCC1. The number of hydrogen-bond acceptors (Lipinski definition) is 4. The van der Waals surface area contributed by atoms with Gasteiger partial charge in [0, 0.05) is 38.3 Å². The van der Waals surface area contributed by atoms with Crippen LogP contribution in [0.3, 0.4) is 0 Å². The predicted octanol–water partition coefficient (Wildman–Crippen LogP) is 5.26. The van der Waals surface area contributed by atoms with E-state index in [1.54, 1.807) is 6.20 Å². The van der Waals surface area contributed by atoms with E-state index in [0.717, 1.165) is 31.9 Å². The molecule has 3 aromatic rings. The average Bonchev–Trinajstić information content (AvgIpc) is 2.89. The number of amides is 1. The summed E-state index contributed by atoms with van der Waals surface area (Å²) in [6.07, 6.45) is 6.25. The van der Waals surface area contributed by atoms with E-state index in [0.29, 0.717) is 12.1 Å². The van der Waals surface area contributed by atoms with Crippen molar-refractivity contribution < 1.29 is 4.79 Å². The maximum Gasteiger partial charge on any atom is 0.255 e. The van der Waals surface area contributed by atoms with Crippen molar-refractivity contribution >= 4 is 11.7 Å². The van der Waals surface area contributed by atoms with Crippen LogP contribution in [0.2, 0.25) is 0 Å². The normalized spacial score (nSPS) is 14.2. The maximum atomic E-state index is 13.2. The molecule has 0 spiro atoms. The van der Waals surface area contributed by atoms with E-state index in [4.69, 9.17) is 0 Å². The molecule has 2 heterocycles. The quantitative estimate of drug-likeness (QED) is 0.491. The van der Waals surface area contributed by atoms with Gasteiger partial charge in [0.05, 0.1) is 5.56 Å². The summed E-state index contributed by atoms with van der Waals surface area (Å²) in [4.78, 5) is 17.8. The number of nitrogens with zero attached hydrogens (tertiary/aromatic N) is 3. The number of carbonyl (C=O) groups excluding carboxylic acids is 1. The zero-order valence-electron chi connectivity index (χ0n) is 19.5. The lowest BCUT2D eigenvalue weighted by molar-refractivity contribution is 0.0951. The minimum Gasteiger partial charge on any atom is -0.352 e. The first-order valence-corrected chi connectivity index (χ1v) is 12.1. The Bertz CT molecular complexity index is 963. The largest absolute Gasteiger partial charge is 0.352 e. The Labute approximate surface area is 197 Å². The number of hydrogen-bond donors (Lipinski definition) is 1. The first-order valence-electron chi connectivity index (χ1n) is 12.1. The Morgan fingerprint density at radius 2 is 1.58 bits per heavy atom. The topological polar surface area (TPSA) is 48.5 Å². The number of benzene rings is 2. The van der Waals surface area contributed by atoms with Gasteiger partial charge in [0.2, 0.25) is 0 Å². The highest BCUT2D eigenvalue weighted by molar-refractivity contribution is 5.98. The van der Waals surface area contributed by atoms with Gasteiger partial charge in [-0.15, -0.1) is 0 Å². The number of pyridine rings is 1. The third-order valence-corrected chi connectivity index (χ3v) is 6.37. The predicted molar refractivity (Wildman–Crippen MR) is 134 cm³/mol. The van der Waals surface area contributed by atoms with Crippen LogP contribution in [0.4, 0.5) is 5.82 Å². The molecule has 33 heavy (non-hydrogen) atoms. The minimum absolute atomic E-state index is 0.0616. The molecule has 1 N–H and O–H groups in total. The van der Waals surface area contributed by atoms with E-state index < -0.39 is 0 Å². The molecule has 5 heteroatoms. The number of anilines is 1. The highest BCUT2D eigenvalue weighted by Crippen LogP contribution is 2.28. The second-order valence-corrected chi connectivity index (χ2v) is 8.52. The van der Waals surface area contributed by atoms with Gasteiger partial charge in [-0.25, -0.2) is 9.99 Å². The van der Waals surface area contributed by atoms with Gasteiger partial charge in [-0.3, -0.25) is 9.80 Å². The van der Waals surface area contributed by atoms with Crippen molar-refractivity contribution in [1.29, 1.82) is 0 Å². The summed E-state index contributed by atoms with van der Waals surface area (Å²) in [5.74, 6) is 0.928. The van der Waals surface area contributed by atoms with Crippen LogP contribution in [0, 0.1) is 0 Å². The zero-order chi connectivity index (χ0) is 22.9. The first kappa shape index (κ1) is 23.0. The van der Waals surface area contributed by atoms with Gasteiger partial charge >= 0.3 is 0 Å². The molecule has 4 rings (SSSR count). The van der Waals surface area contributed by atoms with Crippen molar-refractivity contribution in [3.63, 3.8) is 0 Å². The summed E-state index contributed by atoms with van der Waals surface area (Å²) in [5, 5.41) is 7.68. The van der Waals surface area contributed by atoms with E-state index in [2.05, 4.69) is 75.8 Å². The standard InChI is InChI=1S/C28H34N4O/c1-2-32(31-21-10-5-11-22-31)27-26(17-12-19-29-27)28(33)30-20-18-25(23-13-6-3-7-14-23)24-15-8-4-9-16-24/h3-4,6-9,12-17,19,25H,2,5,10-11,18,20-22H2,1H3,(H,30,33). The van der Waals surface area contributed by atoms with E-state index in [1.165, 1.54) is 30.4 Å². The Morgan fingerprint density at radius 1 is 0.939 bits per heavy atom. The highest BCUT2D eigenvalue weighted by atomic mass is 16.1. The summed E-state index contributed by atoms with van der Waals surface area (Å²) in [5.41, 5.74) is 3.17. The van der Waals surface area contributed by atoms with Gasteiger partial charge in [-0.2, -0.15) is 0 Å². The number of rotatable bonds is 9. The van der Waals surface area contributed by atoms with Crippen molar-refractivity contribution in [3.8, 4) is 0 Å². The Balaban J connectivity index is 1.46. The molecule has 0 unspecified atom stereocenters. The Kier molecular flexibility index (Phi) is 8.09. The molecule has 1 saturated heterocycles. The fraction of sp³-hybridized carbons (Fsp3) is 0.357. The van der Waals surface area contributed by atoms with E-state index in [-0.39, 0.29) is 11.8 Å². The lowest BCUT2D eigenvalue weighted by atomic mass is 9.88. The summed E-state index contributed by atoms with van der Waals surface area (Å²) < 4.78 is 0. The summed E-state index contributed by atoms with van der Waals surface area (Å²) in [7, 11) is 0. The molecule has 1 amide bonds. The molecule has 0 bridgehead atoms. The summed E-state index contributed by atoms with van der Waals surface area (Å²) >= 11 is 0. The smallest absolute Gasteiger partial charge is 0.255 e. The summed E-state index contributed by atoms with van der Waals surface area (Å²) in [6.45, 7) is 5.54. The van der Waals surface area contributed by atoms with Crippen LogP contribution in [0.25, 0.3) is 0 Å². The number of nitrogens with one attached hydrogen (secondary N) is 1. The van der Waals surface area contributed by atoms with Crippen LogP contribution < -0.4 is 10.3 Å². The van der Waals surface area contributed by atoms with Crippen LogP contribution in [-0.2, 0) is 0 Å². The zero-order valence-corrected chi connectivity index (χ0v) is 19.5. The van der Waals surface area contributed by atoms with E-state index in [9.17, 15) is 4.79 Å². The van der Waals surface area contributed by atoms with Crippen LogP contribution in [0.15, 0.2) is 79.0 Å². The second kappa shape index (κ2) is 11.6. The van der Waals surface area contributed by atoms with E-state index in [1.807, 2.05) is 24.3 Å². The molecule has 0 radical (unpaired) electrons. The number of aromatic nitrogens is 1. The van der Waals surface area contributed by atoms with Crippen LogP contribution in [-0.4, -0.2) is 42.1 Å². The maximum absolute atomic E-state index is 13.2. The number of hydrazine groups is 1. The number of piperidine rings is 1. The van der Waals surface area contributed by atoms with Crippen LogP contribution in [0.5, 0.6) is 0 Å². The van der Waals surface area contributed by atoms with Crippen LogP contribution >= 0.6 is 0 Å². The first-order chi connectivity index (χ1) is 16.3. The molecule has 172 valence electrons. The fourth-order valence-corrected chi connectivity index (χ4v) is 4.70. The fourth-order valence-electron chi connectivity index (χ4n) is 4.70. The molecule has 0 saturated carbocycles. The molecule has 1 aromatic heterocycles. The van der Waals surface area contributed by atoms with Gasteiger partial charge in [0.1, 0.15) is 0 Å². The van der Waals surface area contributed by atoms with E-state index >= 15 is 0 Å². The second-order valence-electron chi connectivity index (χ2n) is 8.52. The average molecular weight is 443 g/mol. The molecular weight excluding hydrogens is 408 g/mol. The molecule has 0 atom stereocenters. The van der Waals surface area contributed by atoms with Crippen molar-refractivity contribution in [3.05, 3.63) is 95.7 Å². The van der Waals surface area contributed by atoms with Crippen molar-refractivity contribution in [2.45, 2.75) is 38.5 Å². The van der Waals surface area contributed by atoms with Crippen molar-refractivity contribution in [2.75, 3.05) is 31.2 Å². The monoisotopic (exact) mass is 442 g/mol. The number of carbonyl (C=O) groups is 1. The molecule has 1 fully saturated rings. The molecule has 1 aliphatic rings. The lowest BCUT2D eigenvalue weighted by Crippen LogP contribution is -2.47. The van der Waals surface area contributed by atoms with Gasteiger partial charge in [-0.05, 0) is 49.4 Å². The van der Waals surface area contributed by atoms with Crippen molar-refractivity contribution in [2.24, 2.45) is 0 Å². The molecule has 0 aliphatic carbocycles. The lowest BCUT2D eigenvalue weighted by Gasteiger charge is -2.38. The molecule has 1 aliphatic heterocycles. The third kappa shape index (κ3) is 5.79. The van der Waals surface area contributed by atoms with Gasteiger partial charge in [-0.1, -0.05) is 67.1 Å². The Hall–Kier alpha value is -3.18. The molecule has 2 aromatic carbocycles. The van der Waals surface area contributed by atoms with Gasteiger partial charge in [0.25, 0.3) is 5.91 Å². The Morgan fingerprint density at radius 3 is 2.18 bits per heavy atom. The van der Waals surface area contributed by atoms with Crippen molar-refractivity contribution in [1.82, 2.24) is 15.3 Å². The minimum atomic E-state index is -0.0616. The van der Waals surface area contributed by atoms with Crippen LogP contribution in [0.1, 0.15) is 60.0 Å².